The highest BCUT2D eigenvalue weighted by molar-refractivity contribution is 6.03. The molecule has 1 atom stereocenters. The van der Waals surface area contributed by atoms with Gasteiger partial charge in [0, 0.05) is 95.9 Å². The molecule has 0 bridgehead atoms. The molecule has 3 aliphatic heterocycles. The molecule has 4 amide bonds. The predicted molar refractivity (Wildman–Crippen MR) is 262 cm³/mol. The summed E-state index contributed by atoms with van der Waals surface area (Å²) in [6.45, 7) is 11.0. The number of carbonyl (C=O) groups is 4. The fourth-order valence-corrected chi connectivity index (χ4v) is 9.13. The van der Waals surface area contributed by atoms with E-state index in [1.54, 1.807) is 28.3 Å². The molecular weight excluding hydrogens is 863 g/mol. The lowest BCUT2D eigenvalue weighted by Gasteiger charge is -2.36. The van der Waals surface area contributed by atoms with Gasteiger partial charge in [-0.15, -0.1) is 0 Å². The number of fused-ring (bicyclic) bond motifs is 1. The van der Waals surface area contributed by atoms with Crippen LogP contribution >= 0.6 is 0 Å². The third kappa shape index (κ3) is 12.1. The number of aromatic amines is 1. The van der Waals surface area contributed by atoms with E-state index in [1.165, 1.54) is 5.56 Å². The summed E-state index contributed by atoms with van der Waals surface area (Å²) >= 11 is 0. The molecule has 4 N–H and O–H groups in total. The van der Waals surface area contributed by atoms with Crippen LogP contribution in [0.5, 0.6) is 0 Å². The molecule has 68 heavy (non-hydrogen) atoms. The Bertz CT molecular complexity index is 2640. The number of nitrogens with zero attached hydrogens (tertiary/aromatic N) is 7. The molecule has 0 saturated carbocycles. The minimum atomic E-state index is -0.295. The van der Waals surface area contributed by atoms with Crippen molar-refractivity contribution in [3.63, 3.8) is 0 Å². The normalized spacial score (nSPS) is 17.1. The molecule has 8 rings (SSSR count). The van der Waals surface area contributed by atoms with Gasteiger partial charge in [-0.1, -0.05) is 38.1 Å². The Morgan fingerprint density at radius 3 is 2.40 bits per heavy atom. The van der Waals surface area contributed by atoms with Crippen molar-refractivity contribution in [2.45, 2.75) is 65.0 Å². The molecule has 17 heteroatoms. The Morgan fingerprint density at radius 2 is 1.65 bits per heavy atom. The van der Waals surface area contributed by atoms with Crippen LogP contribution in [0.4, 0.5) is 11.4 Å². The standard InChI is InChI=1S/C51H63N11O6/c1-4-34-7-6-8-38(23-34)39-27-45(57-46(63)32-52-28-35-11-15-59(3)47(64)25-35)48(56-30-39)51(67)62-16-12-41(13-17-62)68-22-14-53-50(66)42-10-9-40(31-55-42)61-20-18-60(19-21-61)33-36-24-44-43(54-29-36)26-37(5-2)49(65)58-44/h6-10,23-24,26-27,29-31,35,41,52H,4-5,11-22,25,28,32-33H2,1-3H3,(H,53,66)(H,57,63)(H,58,65). The summed E-state index contributed by atoms with van der Waals surface area (Å²) < 4.78 is 6.13. The van der Waals surface area contributed by atoms with E-state index in [9.17, 15) is 24.0 Å². The topological polar surface area (TPSA) is 198 Å². The molecule has 0 radical (unpaired) electrons. The maximum atomic E-state index is 14.0. The van der Waals surface area contributed by atoms with Gasteiger partial charge in [0.25, 0.3) is 17.4 Å². The SMILES string of the molecule is CCc1cccc(-c2cnc(C(=O)N3CCC(OCCNC(=O)c4ccc(N5CCN(Cc6cnc7cc(CC)c(=O)[nH]c7c6)CC5)cn4)CC3)c(NC(=O)CNCC3CCN(C)C(=O)C3)c2)c1. The number of ether oxygens (including phenoxy) is 1. The van der Waals surface area contributed by atoms with E-state index in [1.807, 2.05) is 56.6 Å². The molecule has 1 unspecified atom stereocenters. The van der Waals surface area contributed by atoms with Crippen LogP contribution in [0.3, 0.4) is 0 Å². The first-order valence-corrected chi connectivity index (χ1v) is 24.0. The maximum absolute atomic E-state index is 14.0. The van der Waals surface area contributed by atoms with Crippen LogP contribution in [-0.2, 0) is 33.7 Å². The van der Waals surface area contributed by atoms with Crippen molar-refractivity contribution in [1.82, 2.24) is 45.3 Å². The average Bonchev–Trinajstić information content (AvgIpc) is 3.36. The Balaban J connectivity index is 0.769. The summed E-state index contributed by atoms with van der Waals surface area (Å²) in [5.41, 5.74) is 8.02. The molecule has 7 heterocycles. The highest BCUT2D eigenvalue weighted by atomic mass is 16.5. The van der Waals surface area contributed by atoms with E-state index >= 15 is 0 Å². The van der Waals surface area contributed by atoms with Gasteiger partial charge in [-0.25, -0.2) is 9.97 Å². The first-order valence-electron chi connectivity index (χ1n) is 24.0. The summed E-state index contributed by atoms with van der Waals surface area (Å²) in [6.07, 6.45) is 9.35. The minimum Gasteiger partial charge on any atom is -0.376 e. The number of anilines is 2. The van der Waals surface area contributed by atoms with Crippen LogP contribution in [0, 0.1) is 5.92 Å². The highest BCUT2D eigenvalue weighted by Gasteiger charge is 2.28. The molecule has 4 aromatic heterocycles. The number of piperazine rings is 1. The van der Waals surface area contributed by atoms with E-state index < -0.39 is 0 Å². The monoisotopic (exact) mass is 925 g/mol. The van der Waals surface area contributed by atoms with E-state index in [0.29, 0.717) is 76.4 Å². The number of hydrogen-bond donors (Lipinski definition) is 4. The molecule has 3 fully saturated rings. The smallest absolute Gasteiger partial charge is 0.274 e. The number of hydrogen-bond acceptors (Lipinski definition) is 12. The Labute approximate surface area is 397 Å². The van der Waals surface area contributed by atoms with Gasteiger partial charge in [0.15, 0.2) is 5.69 Å². The lowest BCUT2D eigenvalue weighted by Crippen LogP contribution is -2.46. The number of carbonyl (C=O) groups excluding carboxylic acids is 4. The zero-order valence-corrected chi connectivity index (χ0v) is 39.4. The Hall–Kier alpha value is -6.56. The fourth-order valence-electron chi connectivity index (χ4n) is 9.13. The number of rotatable bonds is 17. The first-order chi connectivity index (χ1) is 33.0. The molecule has 17 nitrogen and oxygen atoms in total. The lowest BCUT2D eigenvalue weighted by atomic mass is 9.96. The number of likely N-dealkylation sites (tertiary alicyclic amines) is 2. The van der Waals surface area contributed by atoms with Crippen LogP contribution in [0.1, 0.15) is 77.2 Å². The molecule has 0 aliphatic carbocycles. The van der Waals surface area contributed by atoms with Gasteiger partial charge in [-0.05, 0) is 91.6 Å². The number of H-pyrrole nitrogens is 1. The van der Waals surface area contributed by atoms with Gasteiger partial charge in [0.1, 0.15) is 5.69 Å². The molecule has 3 saturated heterocycles. The zero-order valence-electron chi connectivity index (χ0n) is 39.4. The minimum absolute atomic E-state index is 0.0360. The third-order valence-corrected chi connectivity index (χ3v) is 13.3. The van der Waals surface area contributed by atoms with Crippen molar-refractivity contribution in [3.05, 3.63) is 112 Å². The highest BCUT2D eigenvalue weighted by Crippen LogP contribution is 2.28. The second-order valence-electron chi connectivity index (χ2n) is 18.1. The van der Waals surface area contributed by atoms with E-state index in [2.05, 4.69) is 64.7 Å². The number of pyridine rings is 4. The van der Waals surface area contributed by atoms with E-state index in [4.69, 9.17) is 4.74 Å². The Kier molecular flexibility index (Phi) is 15.8. The van der Waals surface area contributed by atoms with Crippen LogP contribution < -0.4 is 26.4 Å². The number of aryl methyl sites for hydroxylation is 2. The second kappa shape index (κ2) is 22.5. The van der Waals surface area contributed by atoms with Crippen molar-refractivity contribution < 1.29 is 23.9 Å². The number of benzene rings is 1. The zero-order chi connectivity index (χ0) is 47.6. The lowest BCUT2D eigenvalue weighted by molar-refractivity contribution is -0.133. The van der Waals surface area contributed by atoms with Gasteiger partial charge in [0.2, 0.25) is 11.8 Å². The summed E-state index contributed by atoms with van der Waals surface area (Å²) in [6, 6.07) is 17.5. The summed E-state index contributed by atoms with van der Waals surface area (Å²) in [5.74, 6) is -0.547. The van der Waals surface area contributed by atoms with Crippen molar-refractivity contribution in [2.24, 2.45) is 5.92 Å². The molecule has 5 aromatic rings. The van der Waals surface area contributed by atoms with Crippen LogP contribution in [-0.4, -0.2) is 143 Å². The quantitative estimate of drug-likeness (QED) is 0.0969. The number of aromatic nitrogens is 4. The summed E-state index contributed by atoms with van der Waals surface area (Å²) in [5, 5.41) is 9.07. The number of piperidine rings is 2. The molecule has 1 aromatic carbocycles. The molecule has 3 aliphatic rings. The largest absolute Gasteiger partial charge is 0.376 e. The molecule has 358 valence electrons. The summed E-state index contributed by atoms with van der Waals surface area (Å²) in [7, 11) is 1.81. The average molecular weight is 926 g/mol. The summed E-state index contributed by atoms with van der Waals surface area (Å²) in [4.78, 5) is 89.5. The second-order valence-corrected chi connectivity index (χ2v) is 18.1. The molecular formula is C51H63N11O6. The van der Waals surface area contributed by atoms with Crippen molar-refractivity contribution in [1.29, 1.82) is 0 Å². The van der Waals surface area contributed by atoms with Crippen LogP contribution in [0.2, 0.25) is 0 Å². The van der Waals surface area contributed by atoms with E-state index in [0.717, 1.165) is 84.5 Å². The predicted octanol–water partition coefficient (Wildman–Crippen LogP) is 4.27. The van der Waals surface area contributed by atoms with Gasteiger partial charge >= 0.3 is 0 Å². The van der Waals surface area contributed by atoms with Gasteiger partial charge in [-0.3, -0.25) is 33.9 Å². The van der Waals surface area contributed by atoms with E-state index in [-0.39, 0.29) is 53.4 Å². The first kappa shape index (κ1) is 47.9. The number of amides is 4. The third-order valence-electron chi connectivity index (χ3n) is 13.3. The fraction of sp³-hybridized carbons (Fsp3) is 0.451. The number of nitrogens with one attached hydrogen (secondary N) is 4. The van der Waals surface area contributed by atoms with Crippen molar-refractivity contribution in [2.75, 3.05) is 89.3 Å². The van der Waals surface area contributed by atoms with Crippen LogP contribution in [0.15, 0.2) is 78.0 Å². The van der Waals surface area contributed by atoms with Gasteiger partial charge < -0.3 is 40.4 Å². The molecule has 0 spiro atoms. The van der Waals surface area contributed by atoms with Gasteiger partial charge in [-0.2, -0.15) is 0 Å². The van der Waals surface area contributed by atoms with Gasteiger partial charge in [0.05, 0.1) is 47.9 Å². The van der Waals surface area contributed by atoms with Crippen molar-refractivity contribution >= 4 is 46.0 Å². The Morgan fingerprint density at radius 1 is 0.824 bits per heavy atom. The van der Waals surface area contributed by atoms with Crippen LogP contribution in [0.25, 0.3) is 22.2 Å². The maximum Gasteiger partial charge on any atom is 0.274 e. The van der Waals surface area contributed by atoms with Crippen molar-refractivity contribution in [3.8, 4) is 11.1 Å².